The van der Waals surface area contributed by atoms with Crippen LogP contribution >= 0.6 is 0 Å². The lowest BCUT2D eigenvalue weighted by Crippen LogP contribution is -2.36. The van der Waals surface area contributed by atoms with E-state index in [-0.39, 0.29) is 0 Å². The molecule has 1 nitrogen and oxygen atoms in total. The average molecular weight is 195 g/mol. The molecule has 13 heavy (non-hydrogen) atoms. The Balaban J connectivity index is 2.06. The van der Waals surface area contributed by atoms with Gasteiger partial charge in [-0.3, -0.25) is 0 Å². The molecular weight excluding hydrogens is 179 g/mol. The first kappa shape index (κ1) is 10.8. The Morgan fingerprint density at radius 2 is 2.00 bits per heavy atom. The number of hydrogen-bond donors (Lipinski definition) is 1. The van der Waals surface area contributed by atoms with E-state index in [0.29, 0.717) is 5.92 Å². The molecule has 1 fully saturated rings. The van der Waals surface area contributed by atoms with Crippen molar-refractivity contribution in [3.8, 4) is 0 Å². The smallest absolute Gasteiger partial charge is 0.314 e. The van der Waals surface area contributed by atoms with Gasteiger partial charge in [0.2, 0.25) is 0 Å². The zero-order valence-corrected chi connectivity index (χ0v) is 7.82. The largest absolute Gasteiger partial charge is 0.390 e. The van der Waals surface area contributed by atoms with Gasteiger partial charge in [-0.05, 0) is 32.2 Å². The standard InChI is InChI=1S/C9H16F3N/c1-7(5-9(10,11)12)13-6-8-3-2-4-8/h7-8,13H,2-6H2,1H3. The van der Waals surface area contributed by atoms with Crippen molar-refractivity contribution in [1.29, 1.82) is 0 Å². The minimum Gasteiger partial charge on any atom is -0.314 e. The molecule has 0 aliphatic heterocycles. The maximum Gasteiger partial charge on any atom is 0.390 e. The third kappa shape index (κ3) is 4.50. The van der Waals surface area contributed by atoms with Crippen LogP contribution in [0.25, 0.3) is 0 Å². The third-order valence-electron chi connectivity index (χ3n) is 2.52. The van der Waals surface area contributed by atoms with Gasteiger partial charge in [-0.2, -0.15) is 13.2 Å². The second-order valence-electron chi connectivity index (χ2n) is 3.93. The third-order valence-corrected chi connectivity index (χ3v) is 2.52. The molecule has 1 aliphatic carbocycles. The lowest BCUT2D eigenvalue weighted by Gasteiger charge is -2.27. The van der Waals surface area contributed by atoms with E-state index in [1.54, 1.807) is 6.92 Å². The van der Waals surface area contributed by atoms with Crippen LogP contribution in [0.4, 0.5) is 13.2 Å². The zero-order chi connectivity index (χ0) is 9.90. The quantitative estimate of drug-likeness (QED) is 0.727. The van der Waals surface area contributed by atoms with Crippen LogP contribution in [0.2, 0.25) is 0 Å². The van der Waals surface area contributed by atoms with Crippen LogP contribution < -0.4 is 5.32 Å². The Labute approximate surface area is 76.7 Å². The molecular formula is C9H16F3N. The summed E-state index contributed by atoms with van der Waals surface area (Å²) >= 11 is 0. The average Bonchev–Trinajstić information content (AvgIpc) is 1.78. The molecule has 0 saturated heterocycles. The monoisotopic (exact) mass is 195 g/mol. The Morgan fingerprint density at radius 3 is 2.38 bits per heavy atom. The van der Waals surface area contributed by atoms with Crippen molar-refractivity contribution < 1.29 is 13.2 Å². The summed E-state index contributed by atoms with van der Waals surface area (Å²) < 4.78 is 35.7. The topological polar surface area (TPSA) is 12.0 Å². The molecule has 0 bridgehead atoms. The molecule has 0 amide bonds. The number of nitrogens with one attached hydrogen (secondary N) is 1. The van der Waals surface area contributed by atoms with Crippen molar-refractivity contribution in [1.82, 2.24) is 5.32 Å². The maximum atomic E-state index is 11.9. The van der Waals surface area contributed by atoms with E-state index in [9.17, 15) is 13.2 Å². The first-order valence-electron chi connectivity index (χ1n) is 4.77. The summed E-state index contributed by atoms with van der Waals surface area (Å²) in [4.78, 5) is 0. The van der Waals surface area contributed by atoms with Gasteiger partial charge in [0.25, 0.3) is 0 Å². The summed E-state index contributed by atoms with van der Waals surface area (Å²) in [6.45, 7) is 2.34. The fraction of sp³-hybridized carbons (Fsp3) is 1.00. The highest BCUT2D eigenvalue weighted by atomic mass is 19.4. The first-order valence-corrected chi connectivity index (χ1v) is 4.77. The van der Waals surface area contributed by atoms with Crippen molar-refractivity contribution in [2.75, 3.05) is 6.54 Å². The molecule has 1 unspecified atom stereocenters. The van der Waals surface area contributed by atoms with E-state index >= 15 is 0 Å². The highest BCUT2D eigenvalue weighted by molar-refractivity contribution is 4.74. The lowest BCUT2D eigenvalue weighted by molar-refractivity contribution is -0.139. The van der Waals surface area contributed by atoms with Gasteiger partial charge in [-0.15, -0.1) is 0 Å². The molecule has 0 heterocycles. The van der Waals surface area contributed by atoms with Crippen molar-refractivity contribution in [2.45, 2.75) is 44.8 Å². The van der Waals surface area contributed by atoms with Crippen molar-refractivity contribution in [3.05, 3.63) is 0 Å². The molecule has 1 aliphatic rings. The molecule has 0 radical (unpaired) electrons. The zero-order valence-electron chi connectivity index (χ0n) is 7.82. The molecule has 0 spiro atoms. The van der Waals surface area contributed by atoms with Crippen molar-refractivity contribution in [2.24, 2.45) is 5.92 Å². The fourth-order valence-corrected chi connectivity index (χ4v) is 1.48. The second-order valence-corrected chi connectivity index (χ2v) is 3.93. The molecule has 1 rings (SSSR count). The van der Waals surface area contributed by atoms with E-state index in [1.165, 1.54) is 19.3 Å². The second kappa shape index (κ2) is 4.31. The summed E-state index contributed by atoms with van der Waals surface area (Å²) in [5, 5.41) is 2.92. The minimum absolute atomic E-state index is 0.444. The Morgan fingerprint density at radius 1 is 1.38 bits per heavy atom. The lowest BCUT2D eigenvalue weighted by atomic mass is 9.85. The van der Waals surface area contributed by atoms with Crippen molar-refractivity contribution in [3.63, 3.8) is 0 Å². The van der Waals surface area contributed by atoms with Gasteiger partial charge in [0, 0.05) is 6.04 Å². The first-order chi connectivity index (χ1) is 5.97. The van der Waals surface area contributed by atoms with Crippen LogP contribution in [-0.2, 0) is 0 Å². The number of alkyl halides is 3. The van der Waals surface area contributed by atoms with Crippen molar-refractivity contribution >= 4 is 0 Å². The summed E-state index contributed by atoms with van der Waals surface area (Å²) in [6, 6.07) is -0.444. The summed E-state index contributed by atoms with van der Waals surface area (Å²) in [5.74, 6) is 0.621. The van der Waals surface area contributed by atoms with Gasteiger partial charge < -0.3 is 5.32 Å². The molecule has 1 saturated carbocycles. The number of halogens is 3. The predicted molar refractivity (Wildman–Crippen MR) is 45.5 cm³/mol. The molecule has 0 aromatic rings. The highest BCUT2D eigenvalue weighted by Gasteiger charge is 2.30. The van der Waals surface area contributed by atoms with Crippen LogP contribution in [0.1, 0.15) is 32.6 Å². The highest BCUT2D eigenvalue weighted by Crippen LogP contribution is 2.26. The van der Waals surface area contributed by atoms with Crippen LogP contribution in [-0.4, -0.2) is 18.8 Å². The summed E-state index contributed by atoms with van der Waals surface area (Å²) in [7, 11) is 0. The molecule has 1 atom stereocenters. The van der Waals surface area contributed by atoms with Crippen LogP contribution in [0.3, 0.4) is 0 Å². The van der Waals surface area contributed by atoms with Gasteiger partial charge in [0.05, 0.1) is 6.42 Å². The summed E-state index contributed by atoms with van der Waals surface area (Å²) in [6.07, 6.45) is -1.18. The van der Waals surface area contributed by atoms with Gasteiger partial charge in [0.15, 0.2) is 0 Å². The van der Waals surface area contributed by atoms with E-state index in [0.717, 1.165) is 6.54 Å². The maximum absolute atomic E-state index is 11.9. The van der Waals surface area contributed by atoms with E-state index in [4.69, 9.17) is 0 Å². The molecule has 0 aromatic carbocycles. The minimum atomic E-state index is -4.04. The summed E-state index contributed by atoms with van der Waals surface area (Å²) in [5.41, 5.74) is 0. The van der Waals surface area contributed by atoms with Gasteiger partial charge in [-0.25, -0.2) is 0 Å². The Kier molecular flexibility index (Phi) is 3.59. The Hall–Kier alpha value is -0.250. The predicted octanol–water partition coefficient (Wildman–Crippen LogP) is 2.72. The van der Waals surface area contributed by atoms with E-state index < -0.39 is 18.6 Å². The molecule has 1 N–H and O–H groups in total. The van der Waals surface area contributed by atoms with Crippen LogP contribution in [0.15, 0.2) is 0 Å². The number of hydrogen-bond acceptors (Lipinski definition) is 1. The van der Waals surface area contributed by atoms with E-state index in [2.05, 4.69) is 5.32 Å². The van der Waals surface area contributed by atoms with Crippen LogP contribution in [0.5, 0.6) is 0 Å². The molecule has 4 heteroatoms. The SMILES string of the molecule is CC(CC(F)(F)F)NCC1CCC1. The van der Waals surface area contributed by atoms with Gasteiger partial charge in [-0.1, -0.05) is 6.42 Å². The van der Waals surface area contributed by atoms with Crippen LogP contribution in [0, 0.1) is 5.92 Å². The number of rotatable bonds is 4. The normalized spacial score (nSPS) is 21.2. The van der Waals surface area contributed by atoms with Gasteiger partial charge >= 0.3 is 6.18 Å². The van der Waals surface area contributed by atoms with Gasteiger partial charge in [0.1, 0.15) is 0 Å². The Bertz CT molecular complexity index is 151. The van der Waals surface area contributed by atoms with E-state index in [1.807, 2.05) is 0 Å². The molecule has 78 valence electrons. The molecule has 0 aromatic heterocycles. The fourth-order valence-electron chi connectivity index (χ4n) is 1.48.